The van der Waals surface area contributed by atoms with Crippen molar-refractivity contribution in [3.63, 3.8) is 0 Å². The fourth-order valence-corrected chi connectivity index (χ4v) is 1.66. The molecule has 21 heavy (non-hydrogen) atoms. The van der Waals surface area contributed by atoms with Crippen molar-refractivity contribution in [1.29, 1.82) is 0 Å². The molecule has 0 aliphatic rings. The second-order valence-corrected chi connectivity index (χ2v) is 4.20. The van der Waals surface area contributed by atoms with Crippen LogP contribution in [-0.4, -0.2) is 22.3 Å². The van der Waals surface area contributed by atoms with Gasteiger partial charge in [-0.2, -0.15) is 0 Å². The standard InChI is InChI=1S/C13H12FN3O4/c1-7-5-8(17-21-7)6-15-13(20)16-11-9(12(18)19)3-2-4-10(11)14/h2-5H,6H2,1H3,(H,18,19)(H2,15,16,20). The minimum atomic E-state index is -1.34. The lowest BCUT2D eigenvalue weighted by Crippen LogP contribution is -2.29. The van der Waals surface area contributed by atoms with Crippen LogP contribution >= 0.6 is 0 Å². The van der Waals surface area contributed by atoms with Crippen LogP contribution in [0, 0.1) is 12.7 Å². The fourth-order valence-electron chi connectivity index (χ4n) is 1.66. The summed E-state index contributed by atoms with van der Waals surface area (Å²) in [4.78, 5) is 22.7. The van der Waals surface area contributed by atoms with Crippen molar-refractivity contribution < 1.29 is 23.6 Å². The molecule has 2 aromatic rings. The molecule has 2 amide bonds. The van der Waals surface area contributed by atoms with E-state index in [1.54, 1.807) is 13.0 Å². The molecule has 1 aromatic carbocycles. The first-order valence-corrected chi connectivity index (χ1v) is 5.96. The third kappa shape index (κ3) is 3.56. The molecule has 1 aromatic heterocycles. The highest BCUT2D eigenvalue weighted by atomic mass is 19.1. The number of carboxylic acids is 1. The summed E-state index contributed by atoms with van der Waals surface area (Å²) in [6, 6.07) is 4.39. The Morgan fingerprint density at radius 3 is 2.81 bits per heavy atom. The Morgan fingerprint density at radius 2 is 2.19 bits per heavy atom. The molecule has 110 valence electrons. The summed E-state index contributed by atoms with van der Waals surface area (Å²) in [6.07, 6.45) is 0. The molecule has 3 N–H and O–H groups in total. The van der Waals surface area contributed by atoms with E-state index >= 15 is 0 Å². The van der Waals surface area contributed by atoms with E-state index in [9.17, 15) is 14.0 Å². The quantitative estimate of drug-likeness (QED) is 0.801. The summed E-state index contributed by atoms with van der Waals surface area (Å²) in [5.41, 5.74) is -0.226. The Bertz CT molecular complexity index is 684. The number of hydrogen-bond donors (Lipinski definition) is 3. The molecular formula is C13H12FN3O4. The van der Waals surface area contributed by atoms with Gasteiger partial charge in [0.05, 0.1) is 17.8 Å². The van der Waals surface area contributed by atoms with Crippen LogP contribution in [0.15, 0.2) is 28.8 Å². The van der Waals surface area contributed by atoms with Crippen LogP contribution in [0.1, 0.15) is 21.8 Å². The Morgan fingerprint density at radius 1 is 1.43 bits per heavy atom. The summed E-state index contributed by atoms with van der Waals surface area (Å²) < 4.78 is 18.4. The first-order valence-electron chi connectivity index (χ1n) is 5.96. The van der Waals surface area contributed by atoms with E-state index in [1.165, 1.54) is 12.1 Å². The Hall–Kier alpha value is -2.90. The summed E-state index contributed by atoms with van der Waals surface area (Å²) in [5, 5.41) is 17.2. The number of hydrogen-bond acceptors (Lipinski definition) is 4. The maximum atomic E-state index is 13.6. The van der Waals surface area contributed by atoms with Crippen LogP contribution in [0.2, 0.25) is 0 Å². The number of carboxylic acid groups (broad SMARTS) is 1. The second-order valence-electron chi connectivity index (χ2n) is 4.20. The Labute approximate surface area is 118 Å². The van der Waals surface area contributed by atoms with Crippen LogP contribution in [0.25, 0.3) is 0 Å². The van der Waals surface area contributed by atoms with Gasteiger partial charge in [0.2, 0.25) is 0 Å². The first-order chi connectivity index (χ1) is 9.97. The number of carbonyl (C=O) groups excluding carboxylic acids is 1. The van der Waals surface area contributed by atoms with Crippen molar-refractivity contribution >= 4 is 17.7 Å². The molecule has 8 heteroatoms. The Balaban J connectivity index is 2.04. The number of benzene rings is 1. The van der Waals surface area contributed by atoms with Crippen LogP contribution in [0.5, 0.6) is 0 Å². The lowest BCUT2D eigenvalue weighted by molar-refractivity contribution is 0.0697. The van der Waals surface area contributed by atoms with E-state index < -0.39 is 17.8 Å². The largest absolute Gasteiger partial charge is 0.478 e. The summed E-state index contributed by atoms with van der Waals surface area (Å²) in [6.45, 7) is 1.77. The van der Waals surface area contributed by atoms with E-state index in [0.717, 1.165) is 6.07 Å². The number of aromatic carboxylic acids is 1. The SMILES string of the molecule is Cc1cc(CNC(=O)Nc2c(F)cccc2C(=O)O)no1. The molecule has 0 aliphatic carbocycles. The number of halogens is 1. The normalized spacial score (nSPS) is 10.2. The molecule has 0 radical (unpaired) electrons. The van der Waals surface area contributed by atoms with Gasteiger partial charge in [0.1, 0.15) is 17.3 Å². The van der Waals surface area contributed by atoms with Crippen molar-refractivity contribution in [2.45, 2.75) is 13.5 Å². The van der Waals surface area contributed by atoms with E-state index in [0.29, 0.717) is 11.5 Å². The van der Waals surface area contributed by atoms with Crippen molar-refractivity contribution in [2.24, 2.45) is 0 Å². The summed E-state index contributed by atoms with van der Waals surface area (Å²) in [7, 11) is 0. The number of para-hydroxylation sites is 1. The van der Waals surface area contributed by atoms with E-state index in [2.05, 4.69) is 15.8 Å². The zero-order valence-electron chi connectivity index (χ0n) is 11.0. The van der Waals surface area contributed by atoms with E-state index in [1.807, 2.05) is 0 Å². The minimum absolute atomic E-state index is 0.0695. The van der Waals surface area contributed by atoms with Crippen LogP contribution in [-0.2, 0) is 6.54 Å². The number of carbonyl (C=O) groups is 2. The highest BCUT2D eigenvalue weighted by Gasteiger charge is 2.16. The highest BCUT2D eigenvalue weighted by molar-refractivity contribution is 6.00. The molecule has 0 saturated heterocycles. The van der Waals surface area contributed by atoms with Gasteiger partial charge in [-0.1, -0.05) is 11.2 Å². The van der Waals surface area contributed by atoms with Gasteiger partial charge < -0.3 is 20.3 Å². The third-order valence-electron chi connectivity index (χ3n) is 2.59. The number of urea groups is 1. The van der Waals surface area contributed by atoms with Gasteiger partial charge >= 0.3 is 12.0 Å². The maximum absolute atomic E-state index is 13.6. The number of aromatic nitrogens is 1. The first kappa shape index (κ1) is 14.5. The monoisotopic (exact) mass is 293 g/mol. The van der Waals surface area contributed by atoms with Gasteiger partial charge in [0.25, 0.3) is 0 Å². The topological polar surface area (TPSA) is 104 Å². The molecule has 0 bridgehead atoms. The molecule has 0 saturated carbocycles. The predicted molar refractivity (Wildman–Crippen MR) is 70.5 cm³/mol. The highest BCUT2D eigenvalue weighted by Crippen LogP contribution is 2.19. The van der Waals surface area contributed by atoms with Gasteiger partial charge in [-0.3, -0.25) is 0 Å². The molecule has 7 nitrogen and oxygen atoms in total. The zero-order valence-corrected chi connectivity index (χ0v) is 11.0. The van der Waals surface area contributed by atoms with Gasteiger partial charge in [-0.05, 0) is 19.1 Å². The summed E-state index contributed by atoms with van der Waals surface area (Å²) in [5.74, 6) is -1.58. The van der Waals surface area contributed by atoms with Gasteiger partial charge in [0.15, 0.2) is 0 Å². The predicted octanol–water partition coefficient (Wildman–Crippen LogP) is 2.14. The van der Waals surface area contributed by atoms with Gasteiger partial charge in [-0.25, -0.2) is 14.0 Å². The number of amides is 2. The van der Waals surface area contributed by atoms with Gasteiger partial charge in [-0.15, -0.1) is 0 Å². The smallest absolute Gasteiger partial charge is 0.337 e. The maximum Gasteiger partial charge on any atom is 0.337 e. The zero-order chi connectivity index (χ0) is 15.4. The third-order valence-corrected chi connectivity index (χ3v) is 2.59. The van der Waals surface area contributed by atoms with Crippen LogP contribution in [0.4, 0.5) is 14.9 Å². The van der Waals surface area contributed by atoms with Gasteiger partial charge in [0, 0.05) is 6.07 Å². The van der Waals surface area contributed by atoms with E-state index in [-0.39, 0.29) is 17.8 Å². The molecule has 0 aliphatic heterocycles. The van der Waals surface area contributed by atoms with Crippen molar-refractivity contribution in [1.82, 2.24) is 10.5 Å². The lowest BCUT2D eigenvalue weighted by Gasteiger charge is -2.10. The molecule has 0 fully saturated rings. The van der Waals surface area contributed by atoms with Crippen molar-refractivity contribution in [3.8, 4) is 0 Å². The minimum Gasteiger partial charge on any atom is -0.478 e. The Kier molecular flexibility index (Phi) is 4.17. The van der Waals surface area contributed by atoms with Crippen molar-refractivity contribution in [3.05, 3.63) is 47.1 Å². The van der Waals surface area contributed by atoms with Crippen LogP contribution < -0.4 is 10.6 Å². The lowest BCUT2D eigenvalue weighted by atomic mass is 10.1. The molecule has 0 spiro atoms. The fraction of sp³-hybridized carbons (Fsp3) is 0.154. The molecule has 0 atom stereocenters. The number of nitrogens with one attached hydrogen (secondary N) is 2. The number of nitrogens with zero attached hydrogens (tertiary/aromatic N) is 1. The molecule has 2 rings (SSSR count). The average Bonchev–Trinajstić information content (AvgIpc) is 2.84. The number of rotatable bonds is 4. The average molecular weight is 293 g/mol. The molecule has 1 heterocycles. The molecule has 0 unspecified atom stereocenters. The van der Waals surface area contributed by atoms with E-state index in [4.69, 9.17) is 9.63 Å². The summed E-state index contributed by atoms with van der Waals surface area (Å²) >= 11 is 0. The van der Waals surface area contributed by atoms with Crippen molar-refractivity contribution in [2.75, 3.05) is 5.32 Å². The number of aryl methyl sites for hydroxylation is 1. The molecular weight excluding hydrogens is 281 g/mol. The second kappa shape index (κ2) is 6.04. The number of anilines is 1. The van der Waals surface area contributed by atoms with Crippen LogP contribution in [0.3, 0.4) is 0 Å².